The maximum atomic E-state index is 15.3. The molecule has 2 aliphatic carbocycles. The quantitative estimate of drug-likeness (QED) is 0.111. The Morgan fingerprint density at radius 3 is 1.98 bits per heavy atom. The van der Waals surface area contributed by atoms with Gasteiger partial charge in [-0.2, -0.15) is 44.5 Å². The van der Waals surface area contributed by atoms with Crippen LogP contribution in [0.1, 0.15) is 46.6 Å². The second kappa shape index (κ2) is 14.6. The van der Waals surface area contributed by atoms with E-state index in [1.807, 2.05) is 0 Å². The lowest BCUT2D eigenvalue weighted by atomic mass is 9.49. The van der Waals surface area contributed by atoms with Crippen molar-refractivity contribution >= 4 is 58.3 Å². The van der Waals surface area contributed by atoms with Crippen LogP contribution >= 0.6 is 23.2 Å². The number of nitrogens with one attached hydrogen (secondary N) is 1. The van der Waals surface area contributed by atoms with E-state index < -0.39 is 123 Å². The Hall–Kier alpha value is -5.82. The fourth-order valence-corrected chi connectivity index (χ4v) is 9.68. The third-order valence-corrected chi connectivity index (χ3v) is 12.5. The molecular formula is C41H27Cl2F9N4O6. The summed E-state index contributed by atoms with van der Waals surface area (Å²) in [4.78, 5) is 62.8. The van der Waals surface area contributed by atoms with E-state index in [-0.39, 0.29) is 57.0 Å². The highest BCUT2D eigenvalue weighted by atomic mass is 35.5. The average Bonchev–Trinajstić information content (AvgIpc) is 3.58. The number of methoxy groups -OCH3 is 1. The number of fused-ring (bicyclic) bond motifs is 4. The number of phenolic OH excluding ortho intramolecular Hbond substituents is 1. The molecule has 4 aromatic rings. The topological polar surface area (TPSA) is 129 Å². The number of hydrazine groups is 1. The summed E-state index contributed by atoms with van der Waals surface area (Å²) in [5.41, 5.74) is -5.07. The monoisotopic (exact) mass is 912 g/mol. The number of halogens is 11. The van der Waals surface area contributed by atoms with Gasteiger partial charge in [0.25, 0.3) is 11.8 Å². The molecular weight excluding hydrogens is 886 g/mol. The molecule has 6 unspecified atom stereocenters. The van der Waals surface area contributed by atoms with Gasteiger partial charge in [0, 0.05) is 28.8 Å². The van der Waals surface area contributed by atoms with Crippen molar-refractivity contribution in [1.82, 2.24) is 9.99 Å². The average molecular weight is 914 g/mol. The molecule has 324 valence electrons. The van der Waals surface area contributed by atoms with Crippen molar-refractivity contribution in [3.63, 3.8) is 0 Å². The molecule has 4 amide bonds. The summed E-state index contributed by atoms with van der Waals surface area (Å²) in [5, 5.41) is 11.7. The molecule has 3 heterocycles. The van der Waals surface area contributed by atoms with Gasteiger partial charge < -0.3 is 9.84 Å². The molecule has 2 N–H and O–H groups in total. The first kappa shape index (κ1) is 42.9. The summed E-state index contributed by atoms with van der Waals surface area (Å²) in [6, 6.07) is 10.6. The van der Waals surface area contributed by atoms with Gasteiger partial charge in [-0.1, -0.05) is 53.1 Å². The lowest BCUT2D eigenvalue weighted by Gasteiger charge is -2.50. The number of ether oxygens (including phenoxy) is 1. The van der Waals surface area contributed by atoms with Crippen molar-refractivity contribution in [1.29, 1.82) is 0 Å². The highest BCUT2D eigenvalue weighted by Crippen LogP contribution is 2.65. The normalized spacial score (nSPS) is 25.1. The number of aromatic hydroxyl groups is 1. The number of carbonyl (C=O) groups is 4. The third kappa shape index (κ3) is 6.70. The number of nitrogens with zero attached hydrogens (tertiary/aromatic N) is 3. The number of benzene rings is 3. The van der Waals surface area contributed by atoms with E-state index in [0.29, 0.717) is 17.3 Å². The smallest absolute Gasteiger partial charge is 0.417 e. The van der Waals surface area contributed by atoms with E-state index in [9.17, 15) is 59.0 Å². The Morgan fingerprint density at radius 1 is 0.790 bits per heavy atom. The Labute approximate surface area is 353 Å². The van der Waals surface area contributed by atoms with Gasteiger partial charge in [0.1, 0.15) is 11.5 Å². The van der Waals surface area contributed by atoms with Gasteiger partial charge in [-0.05, 0) is 66.8 Å². The minimum atomic E-state index is -5.32. The van der Waals surface area contributed by atoms with Crippen molar-refractivity contribution in [3.05, 3.63) is 122 Å². The first-order valence-corrected chi connectivity index (χ1v) is 19.1. The number of alkyl halides is 9. The van der Waals surface area contributed by atoms with E-state index in [2.05, 4.69) is 10.4 Å². The van der Waals surface area contributed by atoms with Crippen LogP contribution < -0.4 is 15.1 Å². The predicted molar refractivity (Wildman–Crippen MR) is 200 cm³/mol. The molecule has 3 fully saturated rings. The number of anilines is 2. The molecule has 10 nitrogen and oxygen atoms in total. The fraction of sp³-hybridized carbons (Fsp3) is 0.293. The maximum absolute atomic E-state index is 15.3. The van der Waals surface area contributed by atoms with E-state index in [1.165, 1.54) is 55.7 Å². The summed E-state index contributed by atoms with van der Waals surface area (Å²) < 4.78 is 129. The van der Waals surface area contributed by atoms with Gasteiger partial charge in [0.15, 0.2) is 5.82 Å². The number of imide groups is 2. The SMILES string of the molecule is COc1ccc(C2C3=CCC4C(=O)N(c5cc(C(F)(F)F)cc(C(F)(F)F)c5)C(=O)C4C3CC3C(=O)N(Nc4ncc(C(F)(F)F)cc4Cl)C(=O)C32c2ccc(Cl)cc2)c(O)c1. The number of pyridine rings is 1. The first-order valence-electron chi connectivity index (χ1n) is 18.4. The van der Waals surface area contributed by atoms with Crippen LogP contribution in [-0.2, 0) is 43.1 Å². The summed E-state index contributed by atoms with van der Waals surface area (Å²) in [6.07, 6.45) is -14.3. The van der Waals surface area contributed by atoms with Crippen LogP contribution in [0.25, 0.3) is 0 Å². The lowest BCUT2D eigenvalue weighted by molar-refractivity contribution is -0.143. The van der Waals surface area contributed by atoms with Crippen LogP contribution in [-0.4, -0.2) is 45.8 Å². The van der Waals surface area contributed by atoms with Crippen molar-refractivity contribution in [2.24, 2.45) is 23.7 Å². The van der Waals surface area contributed by atoms with Crippen LogP contribution in [0.15, 0.2) is 84.6 Å². The number of allylic oxidation sites excluding steroid dienone is 2. The Bertz CT molecular complexity index is 2570. The lowest BCUT2D eigenvalue weighted by Crippen LogP contribution is -2.53. The zero-order valence-electron chi connectivity index (χ0n) is 31.3. The van der Waals surface area contributed by atoms with Gasteiger partial charge in [-0.25, -0.2) is 9.88 Å². The number of hydrogen-bond donors (Lipinski definition) is 2. The van der Waals surface area contributed by atoms with Crippen LogP contribution in [0.2, 0.25) is 10.0 Å². The van der Waals surface area contributed by atoms with Crippen LogP contribution in [0.3, 0.4) is 0 Å². The fourth-order valence-electron chi connectivity index (χ4n) is 9.34. The molecule has 2 aliphatic heterocycles. The molecule has 3 aromatic carbocycles. The van der Waals surface area contributed by atoms with Crippen LogP contribution in [0.5, 0.6) is 11.5 Å². The van der Waals surface area contributed by atoms with Crippen LogP contribution in [0, 0.1) is 23.7 Å². The molecule has 1 saturated carbocycles. The molecule has 0 radical (unpaired) electrons. The van der Waals surface area contributed by atoms with Gasteiger partial charge in [-0.15, -0.1) is 0 Å². The standard InChI is InChI=1S/C41H27Cl2F9N4O6/c1-62-23-6-7-25(30(57)14-23)32-24-8-9-26-31(36(60)55(34(26)58)22-11-18(39(44,45)46)10-19(12-22)40(47,48)49)27(24)15-28-35(59)56(37(61)38(28,32)17-2-4-21(42)5-3-17)54-33-29(43)13-20(16-53-33)41(50,51)52/h2-8,10-14,16,26-28,31-32,57H,9,15H2,1H3,(H,53,54). The summed E-state index contributed by atoms with van der Waals surface area (Å²) in [7, 11) is 1.31. The molecule has 21 heteroatoms. The predicted octanol–water partition coefficient (Wildman–Crippen LogP) is 9.35. The molecule has 6 atom stereocenters. The summed E-state index contributed by atoms with van der Waals surface area (Å²) in [5.74, 6) is -12.2. The summed E-state index contributed by atoms with van der Waals surface area (Å²) in [6.45, 7) is 0. The molecule has 0 bridgehead atoms. The van der Waals surface area contributed by atoms with Crippen molar-refractivity contribution in [2.45, 2.75) is 42.7 Å². The molecule has 1 aromatic heterocycles. The third-order valence-electron chi connectivity index (χ3n) is 11.9. The largest absolute Gasteiger partial charge is 0.508 e. The van der Waals surface area contributed by atoms with E-state index in [1.54, 1.807) is 0 Å². The number of rotatable bonds is 6. The minimum Gasteiger partial charge on any atom is -0.508 e. The molecule has 4 aliphatic rings. The number of amides is 4. The zero-order chi connectivity index (χ0) is 45.0. The molecule has 2 saturated heterocycles. The molecule has 0 spiro atoms. The molecule has 8 rings (SSSR count). The Balaban J connectivity index is 1.31. The van der Waals surface area contributed by atoms with Gasteiger partial charge in [0.2, 0.25) is 11.8 Å². The van der Waals surface area contributed by atoms with Crippen molar-refractivity contribution in [3.8, 4) is 11.5 Å². The number of aromatic nitrogens is 1. The maximum Gasteiger partial charge on any atom is 0.417 e. The highest BCUT2D eigenvalue weighted by Gasteiger charge is 2.71. The van der Waals surface area contributed by atoms with Gasteiger partial charge in [-0.3, -0.25) is 24.6 Å². The zero-order valence-corrected chi connectivity index (χ0v) is 32.8. The highest BCUT2D eigenvalue weighted by molar-refractivity contribution is 6.33. The van der Waals surface area contributed by atoms with Crippen LogP contribution in [0.4, 0.5) is 51.0 Å². The van der Waals surface area contributed by atoms with E-state index in [0.717, 1.165) is 0 Å². The Kier molecular flexibility index (Phi) is 10.1. The van der Waals surface area contributed by atoms with Crippen molar-refractivity contribution in [2.75, 3.05) is 17.4 Å². The van der Waals surface area contributed by atoms with Gasteiger partial charge in [0.05, 0.1) is 57.7 Å². The minimum absolute atomic E-state index is 0.00448. The van der Waals surface area contributed by atoms with E-state index >= 15 is 4.79 Å². The number of phenols is 1. The Morgan fingerprint density at radius 2 is 1.42 bits per heavy atom. The number of carbonyl (C=O) groups excluding carboxylic acids is 4. The first-order chi connectivity index (χ1) is 29.0. The second-order valence-corrected chi connectivity index (χ2v) is 16.0. The molecule has 62 heavy (non-hydrogen) atoms. The van der Waals surface area contributed by atoms with E-state index in [4.69, 9.17) is 27.9 Å². The summed E-state index contributed by atoms with van der Waals surface area (Å²) >= 11 is 12.4. The second-order valence-electron chi connectivity index (χ2n) is 15.1. The van der Waals surface area contributed by atoms with Gasteiger partial charge >= 0.3 is 18.5 Å². The van der Waals surface area contributed by atoms with Crippen molar-refractivity contribution < 1.29 is 68.5 Å². The number of hydrogen-bond acceptors (Lipinski definition) is 8.